The molecule has 2 bridgehead atoms. The van der Waals surface area contributed by atoms with E-state index in [9.17, 15) is 14.4 Å². The number of ketones is 1. The monoisotopic (exact) mass is 482 g/mol. The molecule has 0 unspecified atom stereocenters. The van der Waals surface area contributed by atoms with Crippen LogP contribution in [0.25, 0.3) is 0 Å². The Kier molecular flexibility index (Phi) is 7.32. The topological polar surface area (TPSA) is 98.0 Å². The van der Waals surface area contributed by atoms with Crippen LogP contribution in [0.5, 0.6) is 0 Å². The second-order valence-electron chi connectivity index (χ2n) is 8.63. The maximum Gasteiger partial charge on any atom is 0.335 e. The molecular formula is C26H30N2O7. The number of nitrogens with zero attached hydrogens (tertiary/aromatic N) is 2. The van der Waals surface area contributed by atoms with Crippen LogP contribution >= 0.6 is 0 Å². The first-order chi connectivity index (χ1) is 16.9. The Labute approximate surface area is 203 Å². The van der Waals surface area contributed by atoms with Gasteiger partial charge in [-0.15, -0.1) is 6.58 Å². The molecule has 1 aromatic heterocycles. The highest BCUT2D eigenvalue weighted by atomic mass is 16.7. The van der Waals surface area contributed by atoms with Gasteiger partial charge in [-0.25, -0.2) is 9.36 Å². The van der Waals surface area contributed by atoms with Gasteiger partial charge in [0.15, 0.2) is 17.6 Å². The maximum atomic E-state index is 13.4. The number of carbonyl (C=O) groups is 1. The van der Waals surface area contributed by atoms with E-state index >= 15 is 0 Å². The van der Waals surface area contributed by atoms with Crippen molar-refractivity contribution >= 4 is 5.78 Å². The lowest BCUT2D eigenvalue weighted by Gasteiger charge is -2.36. The van der Waals surface area contributed by atoms with Gasteiger partial charge in [0.05, 0.1) is 6.61 Å². The first-order valence-electron chi connectivity index (χ1n) is 11.5. The van der Waals surface area contributed by atoms with Crippen LogP contribution < -0.4 is 11.2 Å². The molecule has 0 N–H and O–H groups in total. The van der Waals surface area contributed by atoms with E-state index in [1.807, 2.05) is 30.3 Å². The second-order valence-corrected chi connectivity index (χ2v) is 8.63. The summed E-state index contributed by atoms with van der Waals surface area (Å²) in [4.78, 5) is 39.4. The van der Waals surface area contributed by atoms with E-state index in [2.05, 4.69) is 6.58 Å². The summed E-state index contributed by atoms with van der Waals surface area (Å²) in [6, 6.07) is 9.44. The van der Waals surface area contributed by atoms with E-state index in [-0.39, 0.29) is 19.1 Å². The van der Waals surface area contributed by atoms with Gasteiger partial charge in [-0.1, -0.05) is 42.5 Å². The van der Waals surface area contributed by atoms with Gasteiger partial charge >= 0.3 is 5.69 Å². The van der Waals surface area contributed by atoms with Crippen LogP contribution in [0.2, 0.25) is 0 Å². The van der Waals surface area contributed by atoms with Gasteiger partial charge in [0.2, 0.25) is 0 Å². The van der Waals surface area contributed by atoms with Crippen molar-refractivity contribution in [3.8, 4) is 0 Å². The SMILES string of the molecule is C=CC[C@@H]1O[C@H]2[C@H](n3cc(C)c(=O)n(COCc4ccccc4)c3=O)O[C@]1(C(=O)/C=C\C)[C@H]2OC. The average molecular weight is 483 g/mol. The van der Waals surface area contributed by atoms with Crippen molar-refractivity contribution in [3.05, 3.63) is 93.3 Å². The van der Waals surface area contributed by atoms with E-state index < -0.39 is 41.4 Å². The number of benzene rings is 1. The first kappa shape index (κ1) is 25.0. The van der Waals surface area contributed by atoms with Gasteiger partial charge in [-0.3, -0.25) is 14.2 Å². The third kappa shape index (κ3) is 4.25. The van der Waals surface area contributed by atoms with Gasteiger partial charge in [0.1, 0.15) is 25.0 Å². The zero-order valence-corrected chi connectivity index (χ0v) is 20.1. The van der Waals surface area contributed by atoms with Gasteiger partial charge in [0, 0.05) is 18.9 Å². The minimum absolute atomic E-state index is 0.234. The number of allylic oxidation sites excluding steroid dienone is 1. The predicted molar refractivity (Wildman–Crippen MR) is 128 cm³/mol. The molecule has 0 saturated carbocycles. The van der Waals surface area contributed by atoms with Crippen LogP contribution in [0.15, 0.2) is 70.9 Å². The van der Waals surface area contributed by atoms with Crippen LogP contribution in [0.1, 0.15) is 30.7 Å². The molecule has 1 aromatic carbocycles. The molecule has 186 valence electrons. The van der Waals surface area contributed by atoms with E-state index in [0.29, 0.717) is 12.0 Å². The third-order valence-corrected chi connectivity index (χ3v) is 6.43. The summed E-state index contributed by atoms with van der Waals surface area (Å²) in [5.74, 6) is -0.312. The quantitative estimate of drug-likeness (QED) is 0.378. The zero-order valence-electron chi connectivity index (χ0n) is 20.1. The normalized spacial score (nSPS) is 27.5. The second kappa shape index (κ2) is 10.2. The van der Waals surface area contributed by atoms with Gasteiger partial charge < -0.3 is 18.9 Å². The number of methoxy groups -OCH3 is 1. The van der Waals surface area contributed by atoms with Gasteiger partial charge in [0.25, 0.3) is 5.56 Å². The highest BCUT2D eigenvalue weighted by molar-refractivity contribution is 5.99. The van der Waals surface area contributed by atoms with Crippen molar-refractivity contribution in [1.82, 2.24) is 9.13 Å². The molecular weight excluding hydrogens is 452 g/mol. The largest absolute Gasteiger partial charge is 0.375 e. The highest BCUT2D eigenvalue weighted by Crippen LogP contribution is 2.51. The predicted octanol–water partition coefficient (Wildman–Crippen LogP) is 2.26. The summed E-state index contributed by atoms with van der Waals surface area (Å²) in [5, 5.41) is 0. The van der Waals surface area contributed by atoms with Crippen molar-refractivity contribution in [2.45, 2.75) is 63.7 Å². The van der Waals surface area contributed by atoms with Crippen LogP contribution in [0.4, 0.5) is 0 Å². The first-order valence-corrected chi connectivity index (χ1v) is 11.5. The summed E-state index contributed by atoms with van der Waals surface area (Å²) in [7, 11) is 1.48. The molecule has 2 fully saturated rings. The Morgan fingerprint density at radius 3 is 2.66 bits per heavy atom. The minimum atomic E-state index is -1.44. The number of hydrogen-bond acceptors (Lipinski definition) is 7. The molecule has 4 rings (SSSR count). The molecule has 9 nitrogen and oxygen atoms in total. The summed E-state index contributed by atoms with van der Waals surface area (Å²) < 4.78 is 26.2. The number of aromatic nitrogens is 2. The Balaban J connectivity index is 1.68. The van der Waals surface area contributed by atoms with Crippen molar-refractivity contribution in [3.63, 3.8) is 0 Å². The van der Waals surface area contributed by atoms with Gasteiger partial charge in [-0.05, 0) is 31.9 Å². The van der Waals surface area contributed by atoms with Crippen LogP contribution in [-0.4, -0.2) is 45.9 Å². The van der Waals surface area contributed by atoms with Crippen molar-refractivity contribution in [2.24, 2.45) is 0 Å². The molecule has 0 aliphatic carbocycles. The molecule has 3 heterocycles. The Hall–Kier alpha value is -3.11. The Morgan fingerprint density at radius 2 is 2.00 bits per heavy atom. The van der Waals surface area contributed by atoms with Crippen LogP contribution in [-0.2, 0) is 37.1 Å². The fraction of sp³-hybridized carbons (Fsp3) is 0.423. The number of carbonyl (C=O) groups excluding carboxylic acids is 1. The number of hydrogen-bond donors (Lipinski definition) is 0. The Morgan fingerprint density at radius 1 is 1.26 bits per heavy atom. The number of fused-ring (bicyclic) bond motifs is 2. The van der Waals surface area contributed by atoms with E-state index in [0.717, 1.165) is 10.1 Å². The van der Waals surface area contributed by atoms with Crippen molar-refractivity contribution in [2.75, 3.05) is 7.11 Å². The number of rotatable bonds is 10. The van der Waals surface area contributed by atoms with Crippen molar-refractivity contribution < 1.29 is 23.7 Å². The summed E-state index contributed by atoms with van der Waals surface area (Å²) >= 11 is 0. The minimum Gasteiger partial charge on any atom is -0.375 e. The van der Waals surface area contributed by atoms with Gasteiger partial charge in [-0.2, -0.15) is 0 Å². The van der Waals surface area contributed by atoms with Crippen molar-refractivity contribution in [1.29, 1.82) is 0 Å². The lowest BCUT2D eigenvalue weighted by molar-refractivity contribution is -0.208. The summed E-state index contributed by atoms with van der Waals surface area (Å²) in [5.41, 5.74) is -1.29. The highest BCUT2D eigenvalue weighted by Gasteiger charge is 2.70. The lowest BCUT2D eigenvalue weighted by atomic mass is 9.86. The van der Waals surface area contributed by atoms with E-state index in [1.165, 1.54) is 23.9 Å². The summed E-state index contributed by atoms with van der Waals surface area (Å²) in [6.07, 6.45) is 3.41. The average Bonchev–Trinajstić information content (AvgIpc) is 3.35. The molecule has 35 heavy (non-hydrogen) atoms. The van der Waals surface area contributed by atoms with Crippen LogP contribution in [0, 0.1) is 6.92 Å². The lowest BCUT2D eigenvalue weighted by Crippen LogP contribution is -2.54. The summed E-state index contributed by atoms with van der Waals surface area (Å²) in [6.45, 7) is 7.10. The number of ether oxygens (including phenoxy) is 4. The fourth-order valence-corrected chi connectivity index (χ4v) is 4.84. The third-order valence-electron chi connectivity index (χ3n) is 6.43. The Bertz CT molecular complexity index is 1230. The molecule has 2 saturated heterocycles. The fourth-order valence-electron chi connectivity index (χ4n) is 4.84. The molecule has 2 aromatic rings. The molecule has 2 aliphatic rings. The molecule has 0 amide bonds. The zero-order chi connectivity index (χ0) is 25.2. The standard InChI is InChI=1S/C26H30N2O7/c1-5-10-19(29)26-20(11-6-2)34-21(22(26)32-4)24(35-26)27-14-17(3)23(30)28(25(27)31)16-33-15-18-12-8-7-9-13-18/h5-10,12-14,20-22,24H,2,11,15-16H2,1,3-4H3/b10-5-/t20-,21+,22-,24+,26-/m0/s1. The number of aryl methyl sites for hydroxylation is 1. The van der Waals surface area contributed by atoms with Crippen LogP contribution in [0.3, 0.4) is 0 Å². The van der Waals surface area contributed by atoms with E-state index in [1.54, 1.807) is 26.0 Å². The van der Waals surface area contributed by atoms with E-state index in [4.69, 9.17) is 18.9 Å². The molecule has 5 atom stereocenters. The molecule has 0 radical (unpaired) electrons. The maximum absolute atomic E-state index is 13.4. The molecule has 0 spiro atoms. The smallest absolute Gasteiger partial charge is 0.335 e. The molecule has 2 aliphatic heterocycles. The molecule has 9 heteroatoms.